The van der Waals surface area contributed by atoms with Gasteiger partial charge in [0.2, 0.25) is 0 Å². The summed E-state index contributed by atoms with van der Waals surface area (Å²) in [6.45, 7) is 1.91. The van der Waals surface area contributed by atoms with Crippen molar-refractivity contribution >= 4 is 17.3 Å². The van der Waals surface area contributed by atoms with Crippen LogP contribution in [-0.4, -0.2) is 15.1 Å². The molecule has 0 aliphatic rings. The van der Waals surface area contributed by atoms with Crippen molar-refractivity contribution in [3.05, 3.63) is 11.2 Å². The van der Waals surface area contributed by atoms with Crippen LogP contribution < -0.4 is 5.73 Å². The molecule has 0 aliphatic carbocycles. The Morgan fingerprint density at radius 2 is 2.42 bits per heavy atom. The summed E-state index contributed by atoms with van der Waals surface area (Å²) in [6.07, 6.45) is 1.69. The lowest BCUT2D eigenvalue weighted by Crippen LogP contribution is -1.84. The Morgan fingerprint density at radius 1 is 1.58 bits per heavy atom. The summed E-state index contributed by atoms with van der Waals surface area (Å²) in [5.74, 6) is 0.578. The second-order valence-electron chi connectivity index (χ2n) is 2.20. The van der Waals surface area contributed by atoms with E-state index in [1.54, 1.807) is 6.20 Å². The van der Waals surface area contributed by atoms with E-state index in [9.17, 15) is 0 Å². The molecular weight excluding hydrogens is 176 g/mol. The maximum Gasteiger partial charge on any atom is 0.271 e. The first-order chi connectivity index (χ1) is 5.75. The number of nitrogen functional groups attached to an aromatic ring is 1. The lowest BCUT2D eigenvalue weighted by atomic mass is 10.5. The highest BCUT2D eigenvalue weighted by Crippen LogP contribution is 2.23. The van der Waals surface area contributed by atoms with Crippen LogP contribution >= 0.6 is 11.3 Å². The number of aromatic nitrogens is 3. The van der Waals surface area contributed by atoms with Crippen molar-refractivity contribution < 1.29 is 4.52 Å². The lowest BCUT2D eigenvalue weighted by Gasteiger charge is -1.80. The highest BCUT2D eigenvalue weighted by atomic mass is 32.1. The van der Waals surface area contributed by atoms with Crippen molar-refractivity contribution in [2.24, 2.45) is 0 Å². The van der Waals surface area contributed by atoms with Crippen LogP contribution in [0.15, 0.2) is 10.7 Å². The molecule has 0 unspecified atom stereocenters. The number of rotatable bonds is 1. The molecule has 2 N–H and O–H groups in total. The fraction of sp³-hybridized carbons (Fsp3) is 0.167. The minimum Gasteiger partial charge on any atom is -0.365 e. The Balaban J connectivity index is 2.43. The van der Waals surface area contributed by atoms with E-state index in [0.717, 1.165) is 9.88 Å². The van der Waals surface area contributed by atoms with Crippen LogP contribution in [0.4, 0.5) is 5.95 Å². The molecule has 0 aromatic carbocycles. The Morgan fingerprint density at radius 3 is 2.92 bits per heavy atom. The molecule has 0 saturated carbocycles. The zero-order chi connectivity index (χ0) is 8.55. The van der Waals surface area contributed by atoms with Crippen molar-refractivity contribution in [1.29, 1.82) is 0 Å². The maximum atomic E-state index is 5.29. The van der Waals surface area contributed by atoms with E-state index in [1.807, 2.05) is 6.92 Å². The van der Waals surface area contributed by atoms with Crippen molar-refractivity contribution in [2.75, 3.05) is 5.73 Å². The predicted molar refractivity (Wildman–Crippen MR) is 44.6 cm³/mol. The van der Waals surface area contributed by atoms with Gasteiger partial charge in [0, 0.05) is 0 Å². The molecule has 2 heterocycles. The van der Waals surface area contributed by atoms with Crippen LogP contribution in [0.3, 0.4) is 0 Å². The van der Waals surface area contributed by atoms with Crippen LogP contribution in [0.2, 0.25) is 0 Å². The molecule has 0 atom stereocenters. The van der Waals surface area contributed by atoms with Crippen LogP contribution in [0.5, 0.6) is 0 Å². The van der Waals surface area contributed by atoms with Gasteiger partial charge in [0.15, 0.2) is 0 Å². The largest absolute Gasteiger partial charge is 0.365 e. The van der Waals surface area contributed by atoms with Gasteiger partial charge in [-0.15, -0.1) is 11.3 Å². The minimum absolute atomic E-state index is 0.149. The third-order valence-corrected chi connectivity index (χ3v) is 2.17. The molecule has 0 bridgehead atoms. The summed E-state index contributed by atoms with van der Waals surface area (Å²) in [5.41, 5.74) is 5.29. The van der Waals surface area contributed by atoms with Gasteiger partial charge in [0.05, 0.1) is 11.2 Å². The van der Waals surface area contributed by atoms with Gasteiger partial charge in [-0.1, -0.05) is 0 Å². The van der Waals surface area contributed by atoms with Crippen molar-refractivity contribution in [1.82, 2.24) is 15.1 Å². The molecule has 0 aliphatic heterocycles. The van der Waals surface area contributed by atoms with Crippen molar-refractivity contribution in [3.63, 3.8) is 0 Å². The normalized spacial score (nSPS) is 10.4. The first-order valence-electron chi connectivity index (χ1n) is 3.27. The molecule has 6 heteroatoms. The zero-order valence-electron chi connectivity index (χ0n) is 6.31. The fourth-order valence-corrected chi connectivity index (χ4v) is 1.49. The second-order valence-corrected chi connectivity index (χ2v) is 3.44. The molecule has 0 saturated heterocycles. The van der Waals surface area contributed by atoms with Crippen LogP contribution in [0.25, 0.3) is 10.8 Å². The summed E-state index contributed by atoms with van der Waals surface area (Å²) in [6, 6.07) is 0. The molecule has 5 nitrogen and oxygen atoms in total. The molecule has 0 fully saturated rings. The monoisotopic (exact) mass is 182 g/mol. The van der Waals surface area contributed by atoms with E-state index in [2.05, 4.69) is 15.1 Å². The summed E-state index contributed by atoms with van der Waals surface area (Å²) < 4.78 is 4.85. The van der Waals surface area contributed by atoms with Gasteiger partial charge in [-0.2, -0.15) is 4.98 Å². The maximum absolute atomic E-state index is 5.29. The van der Waals surface area contributed by atoms with Crippen molar-refractivity contribution in [3.8, 4) is 10.8 Å². The van der Waals surface area contributed by atoms with Crippen LogP contribution in [-0.2, 0) is 0 Å². The Labute approximate surface area is 72.2 Å². The van der Waals surface area contributed by atoms with E-state index in [4.69, 9.17) is 10.3 Å². The molecule has 0 amide bonds. The number of nitrogens with zero attached hydrogens (tertiary/aromatic N) is 3. The van der Waals surface area contributed by atoms with Gasteiger partial charge in [0.1, 0.15) is 4.88 Å². The fourth-order valence-electron chi connectivity index (χ4n) is 0.795. The molecule has 2 rings (SSSR count). The average Bonchev–Trinajstić information content (AvgIpc) is 2.58. The second kappa shape index (κ2) is 2.56. The number of aryl methyl sites for hydroxylation is 1. The lowest BCUT2D eigenvalue weighted by molar-refractivity contribution is 0.434. The van der Waals surface area contributed by atoms with Gasteiger partial charge < -0.3 is 10.3 Å². The third-order valence-electron chi connectivity index (χ3n) is 1.27. The number of thiazole rings is 1. The Kier molecular flexibility index (Phi) is 1.54. The predicted octanol–water partition coefficient (Wildman–Crippen LogP) is 1.08. The highest BCUT2D eigenvalue weighted by Gasteiger charge is 2.08. The van der Waals surface area contributed by atoms with Gasteiger partial charge in [-0.05, 0) is 12.1 Å². The summed E-state index contributed by atoms with van der Waals surface area (Å²) >= 11 is 1.49. The SMILES string of the molecule is Cc1ncc(-c2nc(N)no2)s1. The zero-order valence-corrected chi connectivity index (χ0v) is 7.13. The molecule has 62 valence electrons. The first-order valence-corrected chi connectivity index (χ1v) is 4.09. The smallest absolute Gasteiger partial charge is 0.271 e. The van der Waals surface area contributed by atoms with E-state index in [-0.39, 0.29) is 5.95 Å². The first kappa shape index (κ1) is 7.23. The molecular formula is C6H6N4OS. The number of hydrogen-bond acceptors (Lipinski definition) is 6. The molecule has 2 aromatic heterocycles. The van der Waals surface area contributed by atoms with E-state index >= 15 is 0 Å². The molecule has 12 heavy (non-hydrogen) atoms. The topological polar surface area (TPSA) is 77.8 Å². The van der Waals surface area contributed by atoms with E-state index in [0.29, 0.717) is 5.89 Å². The summed E-state index contributed by atoms with van der Waals surface area (Å²) in [7, 11) is 0. The van der Waals surface area contributed by atoms with Gasteiger partial charge in [-0.3, -0.25) is 0 Å². The van der Waals surface area contributed by atoms with Gasteiger partial charge in [-0.25, -0.2) is 4.98 Å². The van der Waals surface area contributed by atoms with Crippen molar-refractivity contribution in [2.45, 2.75) is 6.92 Å². The third kappa shape index (κ3) is 1.16. The molecule has 0 spiro atoms. The number of anilines is 1. The Bertz CT molecular complexity index is 355. The number of nitrogens with two attached hydrogens (primary N) is 1. The van der Waals surface area contributed by atoms with Gasteiger partial charge in [0.25, 0.3) is 11.8 Å². The summed E-state index contributed by atoms with van der Waals surface area (Å²) in [4.78, 5) is 8.76. The summed E-state index contributed by atoms with van der Waals surface area (Å²) in [5, 5.41) is 4.43. The highest BCUT2D eigenvalue weighted by molar-refractivity contribution is 7.14. The van der Waals surface area contributed by atoms with Gasteiger partial charge >= 0.3 is 0 Å². The van der Waals surface area contributed by atoms with E-state index in [1.165, 1.54) is 11.3 Å². The average molecular weight is 182 g/mol. The molecule has 2 aromatic rings. The quantitative estimate of drug-likeness (QED) is 0.714. The minimum atomic E-state index is 0.149. The van der Waals surface area contributed by atoms with Crippen LogP contribution in [0, 0.1) is 6.92 Å². The molecule has 0 radical (unpaired) electrons. The number of hydrogen-bond donors (Lipinski definition) is 1. The standard InChI is InChI=1S/C6H6N4OS/c1-3-8-2-4(12-3)5-9-6(7)10-11-5/h2H,1H3,(H2,7,10). The Hall–Kier alpha value is -1.43. The van der Waals surface area contributed by atoms with Crippen LogP contribution in [0.1, 0.15) is 5.01 Å². The van der Waals surface area contributed by atoms with E-state index < -0.39 is 0 Å².